The molecule has 1 saturated carbocycles. The molecule has 4 rings (SSSR count). The second kappa shape index (κ2) is 9.84. The molecule has 3 aromatic rings. The van der Waals surface area contributed by atoms with Crippen LogP contribution in [0.5, 0.6) is 0 Å². The van der Waals surface area contributed by atoms with Crippen molar-refractivity contribution in [1.29, 1.82) is 0 Å². The van der Waals surface area contributed by atoms with Crippen LogP contribution < -0.4 is 11.5 Å². The number of esters is 1. The molecular weight excluding hydrogens is 460 g/mol. The van der Waals surface area contributed by atoms with E-state index < -0.39 is 16.7 Å². The number of nitrogen functional groups attached to an aromatic ring is 1. The highest BCUT2D eigenvalue weighted by atomic mass is 16.5. The van der Waals surface area contributed by atoms with Crippen LogP contribution in [-0.2, 0) is 21.5 Å². The van der Waals surface area contributed by atoms with Crippen LogP contribution in [0.3, 0.4) is 0 Å². The van der Waals surface area contributed by atoms with Gasteiger partial charge in [0, 0.05) is 30.4 Å². The van der Waals surface area contributed by atoms with Gasteiger partial charge in [-0.05, 0) is 45.2 Å². The zero-order chi connectivity index (χ0) is 25.9. The lowest BCUT2D eigenvalue weighted by Gasteiger charge is -2.41. The number of anilines is 1. The minimum Gasteiger partial charge on any atom is -0.466 e. The number of hydrogen-bond acceptors (Lipinski definition) is 8. The highest BCUT2D eigenvalue weighted by Crippen LogP contribution is 2.44. The number of aromatic nitrogens is 5. The number of amides is 1. The second-order valence-electron chi connectivity index (χ2n) is 9.53. The van der Waals surface area contributed by atoms with Gasteiger partial charge in [0.05, 0.1) is 41.4 Å². The van der Waals surface area contributed by atoms with Crippen LogP contribution in [0.2, 0.25) is 0 Å². The van der Waals surface area contributed by atoms with Crippen LogP contribution in [0, 0.1) is 5.41 Å². The van der Waals surface area contributed by atoms with Crippen molar-refractivity contribution in [3.05, 3.63) is 54.2 Å². The molecule has 0 radical (unpaired) electrons. The van der Waals surface area contributed by atoms with Crippen LogP contribution in [0.1, 0.15) is 56.0 Å². The molecule has 0 spiro atoms. The monoisotopic (exact) mass is 490 g/mol. The van der Waals surface area contributed by atoms with Gasteiger partial charge in [0.1, 0.15) is 5.84 Å². The molecule has 0 bridgehead atoms. The van der Waals surface area contributed by atoms with E-state index >= 15 is 0 Å². The summed E-state index contributed by atoms with van der Waals surface area (Å²) in [6, 6.07) is 3.81. The Bertz CT molecular complexity index is 1280. The SMILES string of the molecule is CCOC(=O)C(C)(C)Cn1cc(C(=O)N=C(N)C2(c3ccc(-c4cnc(N)nc4)nc3)CCC2)cn1. The van der Waals surface area contributed by atoms with Gasteiger partial charge in [0.2, 0.25) is 5.95 Å². The predicted molar refractivity (Wildman–Crippen MR) is 134 cm³/mol. The molecule has 1 aliphatic rings. The number of pyridine rings is 1. The number of nitrogens with two attached hydrogens (primary N) is 2. The first kappa shape index (κ1) is 25.0. The highest BCUT2D eigenvalue weighted by Gasteiger charge is 2.43. The fraction of sp³-hybridized carbons (Fsp3) is 0.400. The van der Waals surface area contributed by atoms with Gasteiger partial charge in [-0.1, -0.05) is 12.5 Å². The zero-order valence-electron chi connectivity index (χ0n) is 20.6. The van der Waals surface area contributed by atoms with Crippen molar-refractivity contribution >= 4 is 23.7 Å². The Morgan fingerprint density at radius 1 is 1.14 bits per heavy atom. The van der Waals surface area contributed by atoms with Crippen molar-refractivity contribution in [2.24, 2.45) is 16.1 Å². The quantitative estimate of drug-likeness (QED) is 0.274. The number of aliphatic imine (C=N–C) groups is 1. The van der Waals surface area contributed by atoms with Gasteiger partial charge in [0.15, 0.2) is 0 Å². The molecule has 11 heteroatoms. The van der Waals surface area contributed by atoms with Gasteiger partial charge in [-0.25, -0.2) is 9.97 Å². The average Bonchev–Trinajstić information content (AvgIpc) is 3.27. The van der Waals surface area contributed by atoms with E-state index in [2.05, 4.69) is 25.0 Å². The standard InChI is InChI=1S/C25H30N8O3/c1-4-36-22(35)24(2,3)15-33-14-17(12-31-33)20(34)32-21(26)25(8-5-9-25)18-6-7-19(28-13-18)16-10-29-23(27)30-11-16/h6-7,10-14H,4-5,8-9,15H2,1-3H3,(H2,26,32,34)(H2,27,29,30). The van der Waals surface area contributed by atoms with E-state index in [0.29, 0.717) is 17.9 Å². The number of amidine groups is 1. The van der Waals surface area contributed by atoms with E-state index in [4.69, 9.17) is 16.2 Å². The molecule has 1 fully saturated rings. The van der Waals surface area contributed by atoms with Crippen molar-refractivity contribution in [2.75, 3.05) is 12.3 Å². The topological polar surface area (TPSA) is 164 Å². The van der Waals surface area contributed by atoms with Gasteiger partial charge < -0.3 is 16.2 Å². The summed E-state index contributed by atoms with van der Waals surface area (Å²) >= 11 is 0. The van der Waals surface area contributed by atoms with E-state index in [0.717, 1.165) is 30.4 Å². The smallest absolute Gasteiger partial charge is 0.313 e. The lowest BCUT2D eigenvalue weighted by Crippen LogP contribution is -2.47. The molecule has 0 aliphatic heterocycles. The lowest BCUT2D eigenvalue weighted by molar-refractivity contribution is -0.154. The minimum atomic E-state index is -0.793. The summed E-state index contributed by atoms with van der Waals surface area (Å²) in [6.45, 7) is 5.86. The van der Waals surface area contributed by atoms with Crippen LogP contribution in [-0.4, -0.2) is 49.1 Å². The molecule has 188 valence electrons. The number of rotatable bonds is 8. The third-order valence-electron chi connectivity index (χ3n) is 6.47. The van der Waals surface area contributed by atoms with Gasteiger partial charge in [0.25, 0.3) is 5.91 Å². The molecule has 1 amide bonds. The first-order valence-electron chi connectivity index (χ1n) is 11.8. The maximum atomic E-state index is 12.9. The Balaban J connectivity index is 1.50. The zero-order valence-corrected chi connectivity index (χ0v) is 20.6. The number of nitrogens with zero attached hydrogens (tertiary/aromatic N) is 6. The normalized spacial score (nSPS) is 15.2. The Morgan fingerprint density at radius 3 is 2.44 bits per heavy atom. The molecule has 3 aromatic heterocycles. The largest absolute Gasteiger partial charge is 0.466 e. The first-order valence-corrected chi connectivity index (χ1v) is 11.8. The highest BCUT2D eigenvalue weighted by molar-refractivity contribution is 6.06. The van der Waals surface area contributed by atoms with Crippen LogP contribution >= 0.6 is 0 Å². The minimum absolute atomic E-state index is 0.200. The molecule has 0 atom stereocenters. The maximum Gasteiger partial charge on any atom is 0.313 e. The van der Waals surface area contributed by atoms with E-state index in [1.807, 2.05) is 12.1 Å². The molecule has 4 N–H and O–H groups in total. The van der Waals surface area contributed by atoms with E-state index in [1.165, 1.54) is 6.20 Å². The van der Waals surface area contributed by atoms with Crippen LogP contribution in [0.15, 0.2) is 48.1 Å². The second-order valence-corrected chi connectivity index (χ2v) is 9.53. The van der Waals surface area contributed by atoms with Crippen molar-refractivity contribution < 1.29 is 14.3 Å². The first-order chi connectivity index (χ1) is 17.1. The Hall–Kier alpha value is -4.15. The molecule has 36 heavy (non-hydrogen) atoms. The molecule has 3 heterocycles. The van der Waals surface area contributed by atoms with Gasteiger partial charge >= 0.3 is 5.97 Å². The summed E-state index contributed by atoms with van der Waals surface area (Å²) in [4.78, 5) is 41.9. The van der Waals surface area contributed by atoms with E-state index in [9.17, 15) is 9.59 Å². The summed E-state index contributed by atoms with van der Waals surface area (Å²) in [5, 5.41) is 4.22. The summed E-state index contributed by atoms with van der Waals surface area (Å²) in [6.07, 6.45) is 10.5. The molecule has 0 aromatic carbocycles. The summed E-state index contributed by atoms with van der Waals surface area (Å²) in [5.74, 6) is -0.358. The molecule has 0 unspecified atom stereocenters. The van der Waals surface area contributed by atoms with Crippen molar-refractivity contribution in [1.82, 2.24) is 24.7 Å². The summed E-state index contributed by atoms with van der Waals surface area (Å²) in [5.41, 5.74) is 13.3. The number of carbonyl (C=O) groups is 2. The number of carbonyl (C=O) groups excluding carboxylic acids is 2. The summed E-state index contributed by atoms with van der Waals surface area (Å²) in [7, 11) is 0. The van der Waals surface area contributed by atoms with E-state index in [-0.39, 0.29) is 24.3 Å². The van der Waals surface area contributed by atoms with Crippen LogP contribution in [0.4, 0.5) is 5.95 Å². The van der Waals surface area contributed by atoms with Crippen LogP contribution in [0.25, 0.3) is 11.3 Å². The summed E-state index contributed by atoms with van der Waals surface area (Å²) < 4.78 is 6.66. The maximum absolute atomic E-state index is 12.9. The molecule has 0 saturated heterocycles. The fourth-order valence-corrected chi connectivity index (χ4v) is 4.18. The van der Waals surface area contributed by atoms with Crippen molar-refractivity contribution in [2.45, 2.75) is 52.0 Å². The average molecular weight is 491 g/mol. The Labute approximate surface area is 209 Å². The van der Waals surface area contributed by atoms with Gasteiger partial charge in [-0.2, -0.15) is 10.1 Å². The van der Waals surface area contributed by atoms with Gasteiger partial charge in [-0.3, -0.25) is 19.3 Å². The predicted octanol–water partition coefficient (Wildman–Crippen LogP) is 2.53. The lowest BCUT2D eigenvalue weighted by atomic mass is 9.64. The number of ether oxygens (including phenoxy) is 1. The number of hydrogen-bond donors (Lipinski definition) is 2. The molecule has 11 nitrogen and oxygen atoms in total. The van der Waals surface area contributed by atoms with Crippen molar-refractivity contribution in [3.8, 4) is 11.3 Å². The molecule has 1 aliphatic carbocycles. The fourth-order valence-electron chi connectivity index (χ4n) is 4.18. The van der Waals surface area contributed by atoms with Gasteiger partial charge in [-0.15, -0.1) is 0 Å². The Kier molecular flexibility index (Phi) is 6.82. The third kappa shape index (κ3) is 4.95. The Morgan fingerprint density at radius 2 is 1.86 bits per heavy atom. The molecular formula is C25H30N8O3. The third-order valence-corrected chi connectivity index (χ3v) is 6.47. The van der Waals surface area contributed by atoms with E-state index in [1.54, 1.807) is 50.2 Å². The van der Waals surface area contributed by atoms with Crippen molar-refractivity contribution in [3.63, 3.8) is 0 Å².